The van der Waals surface area contributed by atoms with E-state index in [1.807, 2.05) is 48.0 Å². The minimum Gasteiger partial charge on any atom is -0.341 e. The van der Waals surface area contributed by atoms with Gasteiger partial charge in [-0.15, -0.1) is 0 Å². The molecule has 1 aliphatic rings. The summed E-state index contributed by atoms with van der Waals surface area (Å²) in [5, 5.41) is 2.88. The number of benzene rings is 1. The van der Waals surface area contributed by atoms with Gasteiger partial charge in [0, 0.05) is 18.9 Å². The zero-order chi connectivity index (χ0) is 15.0. The van der Waals surface area contributed by atoms with Gasteiger partial charge in [0.15, 0.2) is 0 Å². The first-order valence-electron chi connectivity index (χ1n) is 6.86. The number of aryl methyl sites for hydroxylation is 1. The molecule has 1 unspecified atom stereocenters. The van der Waals surface area contributed by atoms with Crippen molar-refractivity contribution in [3.05, 3.63) is 53.9 Å². The summed E-state index contributed by atoms with van der Waals surface area (Å²) in [5.74, 6) is -0.300. The van der Waals surface area contributed by atoms with Crippen LogP contribution < -0.4 is 5.32 Å². The molecule has 1 atom stereocenters. The summed E-state index contributed by atoms with van der Waals surface area (Å²) in [6.07, 6.45) is 1.83. The second kappa shape index (κ2) is 5.09. The van der Waals surface area contributed by atoms with E-state index >= 15 is 0 Å². The molecule has 0 fully saturated rings. The number of amides is 2. The van der Waals surface area contributed by atoms with E-state index in [9.17, 15) is 9.59 Å². The van der Waals surface area contributed by atoms with Crippen LogP contribution in [0.3, 0.4) is 0 Å². The van der Waals surface area contributed by atoms with Crippen molar-refractivity contribution in [2.75, 3.05) is 12.4 Å². The molecule has 1 aromatic carbocycles. The summed E-state index contributed by atoms with van der Waals surface area (Å²) < 4.78 is 1.82. The Bertz CT molecular complexity index is 705. The van der Waals surface area contributed by atoms with Crippen molar-refractivity contribution in [1.82, 2.24) is 9.47 Å². The predicted octanol–water partition coefficient (Wildman–Crippen LogP) is 1.89. The van der Waals surface area contributed by atoms with Crippen LogP contribution in [0, 0.1) is 6.92 Å². The molecule has 2 amide bonds. The molecule has 0 bridgehead atoms. The highest BCUT2D eigenvalue weighted by molar-refractivity contribution is 6.01. The molecule has 0 saturated heterocycles. The Balaban J connectivity index is 1.81. The second-order valence-electron chi connectivity index (χ2n) is 5.34. The molecule has 2 heterocycles. The first kappa shape index (κ1) is 13.4. The lowest BCUT2D eigenvalue weighted by Gasteiger charge is -2.32. The topological polar surface area (TPSA) is 54.3 Å². The largest absolute Gasteiger partial charge is 0.341 e. The maximum absolute atomic E-state index is 12.4. The average molecular weight is 283 g/mol. The lowest BCUT2D eigenvalue weighted by molar-refractivity contribution is -0.120. The van der Waals surface area contributed by atoms with Crippen molar-refractivity contribution >= 4 is 17.5 Å². The fraction of sp³-hybridized carbons (Fsp3) is 0.250. The third-order valence-corrected chi connectivity index (χ3v) is 3.79. The molecular formula is C16H17N3O2. The van der Waals surface area contributed by atoms with Gasteiger partial charge in [-0.3, -0.25) is 9.59 Å². The fourth-order valence-electron chi connectivity index (χ4n) is 2.61. The molecule has 21 heavy (non-hydrogen) atoms. The van der Waals surface area contributed by atoms with E-state index in [1.54, 1.807) is 13.1 Å². The Morgan fingerprint density at radius 3 is 2.86 bits per heavy atom. The maximum Gasteiger partial charge on any atom is 0.270 e. The van der Waals surface area contributed by atoms with Crippen LogP contribution in [0.5, 0.6) is 0 Å². The Labute approximate surface area is 123 Å². The van der Waals surface area contributed by atoms with Crippen LogP contribution in [0.4, 0.5) is 5.69 Å². The quantitative estimate of drug-likeness (QED) is 0.915. The minimum atomic E-state index is -0.502. The van der Waals surface area contributed by atoms with Crippen molar-refractivity contribution in [3.8, 4) is 0 Å². The molecule has 1 aromatic heterocycles. The van der Waals surface area contributed by atoms with E-state index in [0.29, 0.717) is 12.2 Å². The van der Waals surface area contributed by atoms with Gasteiger partial charge in [-0.1, -0.05) is 12.1 Å². The number of nitrogens with zero attached hydrogens (tertiary/aromatic N) is 2. The van der Waals surface area contributed by atoms with Gasteiger partial charge >= 0.3 is 0 Å². The van der Waals surface area contributed by atoms with E-state index in [2.05, 4.69) is 5.32 Å². The average Bonchev–Trinajstić information content (AvgIpc) is 2.91. The van der Waals surface area contributed by atoms with Crippen molar-refractivity contribution in [2.24, 2.45) is 0 Å². The molecule has 5 nitrogen and oxygen atoms in total. The van der Waals surface area contributed by atoms with Gasteiger partial charge in [0.05, 0.1) is 6.54 Å². The van der Waals surface area contributed by atoms with Crippen LogP contribution >= 0.6 is 0 Å². The summed E-state index contributed by atoms with van der Waals surface area (Å²) in [5.41, 5.74) is 2.45. The van der Waals surface area contributed by atoms with Gasteiger partial charge in [0.25, 0.3) is 5.91 Å². The normalized spacial score (nSPS) is 17.5. The molecule has 0 spiro atoms. The zero-order valence-electron chi connectivity index (χ0n) is 12.0. The van der Waals surface area contributed by atoms with Crippen LogP contribution in [-0.4, -0.2) is 34.4 Å². The summed E-state index contributed by atoms with van der Waals surface area (Å²) in [4.78, 5) is 26.2. The molecule has 0 radical (unpaired) electrons. The molecule has 1 N–H and O–H groups in total. The van der Waals surface area contributed by atoms with Crippen LogP contribution in [0.2, 0.25) is 0 Å². The standard InChI is InChI=1S/C16H17N3O2/c1-11-5-3-6-12(9-11)17-15(20)14-10-19-8-4-7-13(19)16(21)18(14)2/h3-9,14H,10H2,1-2H3,(H,17,20). The van der Waals surface area contributed by atoms with E-state index in [0.717, 1.165) is 11.3 Å². The second-order valence-corrected chi connectivity index (χ2v) is 5.34. The Morgan fingerprint density at radius 2 is 2.10 bits per heavy atom. The van der Waals surface area contributed by atoms with Crippen LogP contribution in [0.15, 0.2) is 42.6 Å². The number of carbonyl (C=O) groups is 2. The van der Waals surface area contributed by atoms with Gasteiger partial charge in [0.1, 0.15) is 11.7 Å². The summed E-state index contributed by atoms with van der Waals surface area (Å²) in [6, 6.07) is 10.7. The molecule has 5 heteroatoms. The predicted molar refractivity (Wildman–Crippen MR) is 80.1 cm³/mol. The van der Waals surface area contributed by atoms with E-state index in [-0.39, 0.29) is 11.8 Å². The number of aromatic nitrogens is 1. The lowest BCUT2D eigenvalue weighted by Crippen LogP contribution is -2.51. The van der Waals surface area contributed by atoms with Gasteiger partial charge in [-0.05, 0) is 36.8 Å². The van der Waals surface area contributed by atoms with Crippen LogP contribution in [-0.2, 0) is 11.3 Å². The maximum atomic E-state index is 12.4. The van der Waals surface area contributed by atoms with Crippen LogP contribution in [0.25, 0.3) is 0 Å². The molecule has 0 saturated carbocycles. The van der Waals surface area contributed by atoms with Gasteiger partial charge in [0.2, 0.25) is 5.91 Å². The van der Waals surface area contributed by atoms with Crippen molar-refractivity contribution in [3.63, 3.8) is 0 Å². The molecule has 1 aliphatic heterocycles. The number of nitrogens with one attached hydrogen (secondary N) is 1. The number of rotatable bonds is 2. The van der Waals surface area contributed by atoms with Gasteiger partial charge < -0.3 is 14.8 Å². The summed E-state index contributed by atoms with van der Waals surface area (Å²) >= 11 is 0. The number of fused-ring (bicyclic) bond motifs is 1. The highest BCUT2D eigenvalue weighted by atomic mass is 16.2. The van der Waals surface area contributed by atoms with Crippen LogP contribution in [0.1, 0.15) is 16.1 Å². The van der Waals surface area contributed by atoms with Gasteiger partial charge in [-0.25, -0.2) is 0 Å². The number of likely N-dealkylation sites (N-methyl/N-ethyl adjacent to an activating group) is 1. The molecule has 0 aliphatic carbocycles. The van der Waals surface area contributed by atoms with Crippen molar-refractivity contribution < 1.29 is 9.59 Å². The fourth-order valence-corrected chi connectivity index (χ4v) is 2.61. The third-order valence-electron chi connectivity index (χ3n) is 3.79. The SMILES string of the molecule is Cc1cccc(NC(=O)C2Cn3cccc3C(=O)N2C)c1. The zero-order valence-corrected chi connectivity index (χ0v) is 12.0. The van der Waals surface area contributed by atoms with Crippen molar-refractivity contribution in [2.45, 2.75) is 19.5 Å². The highest BCUT2D eigenvalue weighted by Gasteiger charge is 2.33. The van der Waals surface area contributed by atoms with Gasteiger partial charge in [-0.2, -0.15) is 0 Å². The first-order chi connectivity index (χ1) is 10.1. The summed E-state index contributed by atoms with van der Waals surface area (Å²) in [7, 11) is 1.67. The number of anilines is 1. The van der Waals surface area contributed by atoms with E-state index in [1.165, 1.54) is 4.90 Å². The molecular weight excluding hydrogens is 266 g/mol. The van der Waals surface area contributed by atoms with Crippen molar-refractivity contribution in [1.29, 1.82) is 0 Å². The monoisotopic (exact) mass is 283 g/mol. The lowest BCUT2D eigenvalue weighted by atomic mass is 10.1. The Hall–Kier alpha value is -2.56. The number of hydrogen-bond donors (Lipinski definition) is 1. The number of hydrogen-bond acceptors (Lipinski definition) is 2. The minimum absolute atomic E-state index is 0.129. The first-order valence-corrected chi connectivity index (χ1v) is 6.86. The highest BCUT2D eigenvalue weighted by Crippen LogP contribution is 2.18. The molecule has 3 rings (SSSR count). The Kier molecular flexibility index (Phi) is 3.25. The van der Waals surface area contributed by atoms with E-state index in [4.69, 9.17) is 0 Å². The molecule has 108 valence electrons. The molecule has 2 aromatic rings. The Morgan fingerprint density at radius 1 is 1.29 bits per heavy atom. The smallest absolute Gasteiger partial charge is 0.270 e. The van der Waals surface area contributed by atoms with E-state index < -0.39 is 6.04 Å². The summed E-state index contributed by atoms with van der Waals surface area (Å²) in [6.45, 7) is 2.44. The number of carbonyl (C=O) groups excluding carboxylic acids is 2. The third kappa shape index (κ3) is 2.42.